The van der Waals surface area contributed by atoms with Crippen LogP contribution < -0.4 is 5.32 Å². The third-order valence-corrected chi connectivity index (χ3v) is 5.53. The van der Waals surface area contributed by atoms with Crippen molar-refractivity contribution in [3.63, 3.8) is 0 Å². The molecule has 0 aromatic rings. The molecule has 3 fully saturated rings. The maximum atomic E-state index is 12.4. The number of carbonyl (C=O) groups is 1. The van der Waals surface area contributed by atoms with Gasteiger partial charge in [0.1, 0.15) is 5.60 Å². The Morgan fingerprint density at radius 2 is 2.00 bits per heavy atom. The van der Waals surface area contributed by atoms with E-state index >= 15 is 0 Å². The zero-order valence-electron chi connectivity index (χ0n) is 13.8. The maximum Gasteiger partial charge on any atom is 0.410 e. The highest BCUT2D eigenvalue weighted by Gasteiger charge is 2.51. The van der Waals surface area contributed by atoms with Crippen molar-refractivity contribution in [3.8, 4) is 0 Å². The van der Waals surface area contributed by atoms with Crippen LogP contribution in [0.3, 0.4) is 0 Å². The number of nitrogens with zero attached hydrogens (tertiary/aromatic N) is 1. The van der Waals surface area contributed by atoms with Crippen LogP contribution in [0.15, 0.2) is 0 Å². The molecule has 1 saturated carbocycles. The van der Waals surface area contributed by atoms with Crippen molar-refractivity contribution in [2.45, 2.75) is 70.9 Å². The number of carbonyl (C=O) groups excluding carboxylic acids is 1. The van der Waals surface area contributed by atoms with Crippen LogP contribution in [0, 0.1) is 11.3 Å². The first-order valence-electron chi connectivity index (χ1n) is 8.61. The lowest BCUT2D eigenvalue weighted by atomic mass is 9.66. The lowest BCUT2D eigenvalue weighted by molar-refractivity contribution is -0.00420. The molecule has 0 radical (unpaired) electrons. The molecule has 2 saturated heterocycles. The first kappa shape index (κ1) is 15.1. The minimum Gasteiger partial charge on any atom is -0.444 e. The van der Waals surface area contributed by atoms with Gasteiger partial charge in [0.05, 0.1) is 0 Å². The molecule has 1 spiro atoms. The summed E-state index contributed by atoms with van der Waals surface area (Å²) in [5, 5.41) is 3.75. The van der Waals surface area contributed by atoms with E-state index in [0.717, 1.165) is 32.0 Å². The highest BCUT2D eigenvalue weighted by Crippen LogP contribution is 2.48. The number of fused-ring (bicyclic) bond motifs is 2. The van der Waals surface area contributed by atoms with Crippen molar-refractivity contribution in [1.82, 2.24) is 10.2 Å². The van der Waals surface area contributed by atoms with Gasteiger partial charge in [-0.1, -0.05) is 12.8 Å². The van der Waals surface area contributed by atoms with Gasteiger partial charge in [0, 0.05) is 31.1 Å². The van der Waals surface area contributed by atoms with Crippen molar-refractivity contribution in [2.24, 2.45) is 11.3 Å². The summed E-state index contributed by atoms with van der Waals surface area (Å²) >= 11 is 0. The second-order valence-corrected chi connectivity index (χ2v) is 8.25. The van der Waals surface area contributed by atoms with Crippen LogP contribution in [0.4, 0.5) is 4.79 Å². The highest BCUT2D eigenvalue weighted by molar-refractivity contribution is 5.68. The summed E-state index contributed by atoms with van der Waals surface area (Å²) in [6.07, 6.45) is 7.63. The third-order valence-electron chi connectivity index (χ3n) is 5.53. The molecule has 4 nitrogen and oxygen atoms in total. The van der Waals surface area contributed by atoms with Crippen LogP contribution in [0.25, 0.3) is 0 Å². The Hall–Kier alpha value is -0.770. The number of ether oxygens (including phenoxy) is 1. The Morgan fingerprint density at radius 3 is 2.76 bits per heavy atom. The van der Waals surface area contributed by atoms with E-state index in [-0.39, 0.29) is 6.09 Å². The van der Waals surface area contributed by atoms with Crippen LogP contribution >= 0.6 is 0 Å². The highest BCUT2D eigenvalue weighted by atomic mass is 16.6. The van der Waals surface area contributed by atoms with Crippen LogP contribution in [-0.2, 0) is 4.74 Å². The Bertz CT molecular complexity index is 404. The molecule has 2 heterocycles. The SMILES string of the molecule is CC(C)(C)OC(=O)N1CCCC2(CN[C@@H]3CCCC[C@@H]32)C1. The molecular weight excluding hydrogens is 264 g/mol. The number of likely N-dealkylation sites (tertiary alicyclic amines) is 1. The van der Waals surface area contributed by atoms with Gasteiger partial charge in [0.25, 0.3) is 0 Å². The molecule has 3 aliphatic rings. The zero-order chi connectivity index (χ0) is 15.1. The number of amides is 1. The topological polar surface area (TPSA) is 41.6 Å². The third kappa shape index (κ3) is 3.05. The Labute approximate surface area is 128 Å². The van der Waals surface area contributed by atoms with Gasteiger partial charge in [-0.2, -0.15) is 0 Å². The van der Waals surface area contributed by atoms with E-state index in [1.165, 1.54) is 32.1 Å². The van der Waals surface area contributed by atoms with Gasteiger partial charge < -0.3 is 15.0 Å². The molecule has 21 heavy (non-hydrogen) atoms. The van der Waals surface area contributed by atoms with Gasteiger partial charge in [0.2, 0.25) is 0 Å². The molecule has 0 aromatic heterocycles. The quantitative estimate of drug-likeness (QED) is 0.746. The predicted molar refractivity (Wildman–Crippen MR) is 83.2 cm³/mol. The molecule has 1 N–H and O–H groups in total. The fraction of sp³-hybridized carbons (Fsp3) is 0.941. The van der Waals surface area contributed by atoms with Gasteiger partial charge in [-0.15, -0.1) is 0 Å². The maximum absolute atomic E-state index is 12.4. The monoisotopic (exact) mass is 294 g/mol. The molecule has 2 aliphatic heterocycles. The van der Waals surface area contributed by atoms with Crippen molar-refractivity contribution in [1.29, 1.82) is 0 Å². The Kier molecular flexibility index (Phi) is 3.93. The summed E-state index contributed by atoms with van der Waals surface area (Å²) in [5.74, 6) is 0.761. The number of hydrogen-bond acceptors (Lipinski definition) is 3. The molecule has 0 aromatic carbocycles. The van der Waals surface area contributed by atoms with E-state index in [1.807, 2.05) is 25.7 Å². The van der Waals surface area contributed by atoms with Gasteiger partial charge in [0.15, 0.2) is 0 Å². The number of rotatable bonds is 0. The average molecular weight is 294 g/mol. The van der Waals surface area contributed by atoms with Gasteiger partial charge in [-0.25, -0.2) is 4.79 Å². The van der Waals surface area contributed by atoms with E-state index < -0.39 is 5.60 Å². The van der Waals surface area contributed by atoms with Crippen molar-refractivity contribution in [2.75, 3.05) is 19.6 Å². The molecule has 3 rings (SSSR count). The van der Waals surface area contributed by atoms with Gasteiger partial charge >= 0.3 is 6.09 Å². The molecule has 120 valence electrons. The standard InChI is InChI=1S/C17H30N2O2/c1-16(2,3)21-15(20)19-10-6-9-17(12-19)11-18-14-8-5-4-7-13(14)17/h13-14,18H,4-12H2,1-3H3/t13-,14+,17?/m0/s1. The van der Waals surface area contributed by atoms with E-state index in [4.69, 9.17) is 4.74 Å². The molecule has 4 heteroatoms. The van der Waals surface area contributed by atoms with E-state index in [9.17, 15) is 4.79 Å². The summed E-state index contributed by atoms with van der Waals surface area (Å²) in [4.78, 5) is 14.4. The fourth-order valence-electron chi connectivity index (χ4n) is 4.66. The lowest BCUT2D eigenvalue weighted by Gasteiger charge is -2.45. The summed E-state index contributed by atoms with van der Waals surface area (Å²) < 4.78 is 5.58. The first-order valence-corrected chi connectivity index (χ1v) is 8.61. The van der Waals surface area contributed by atoms with Gasteiger partial charge in [-0.3, -0.25) is 0 Å². The van der Waals surface area contributed by atoms with E-state index in [1.54, 1.807) is 0 Å². The molecular formula is C17H30N2O2. The normalized spacial score (nSPS) is 36.6. The van der Waals surface area contributed by atoms with Gasteiger partial charge in [-0.05, 0) is 52.4 Å². The van der Waals surface area contributed by atoms with Crippen molar-refractivity contribution < 1.29 is 9.53 Å². The molecule has 1 amide bonds. The molecule has 1 unspecified atom stereocenters. The van der Waals surface area contributed by atoms with Crippen molar-refractivity contribution in [3.05, 3.63) is 0 Å². The number of piperidine rings is 1. The summed E-state index contributed by atoms with van der Waals surface area (Å²) in [6.45, 7) is 8.66. The molecule has 3 atom stereocenters. The molecule has 0 bridgehead atoms. The smallest absolute Gasteiger partial charge is 0.410 e. The number of hydrogen-bond donors (Lipinski definition) is 1. The van der Waals surface area contributed by atoms with Crippen LogP contribution in [0.2, 0.25) is 0 Å². The first-order chi connectivity index (χ1) is 9.90. The fourth-order valence-corrected chi connectivity index (χ4v) is 4.66. The van der Waals surface area contributed by atoms with Crippen molar-refractivity contribution >= 4 is 6.09 Å². The minimum absolute atomic E-state index is 0.124. The summed E-state index contributed by atoms with van der Waals surface area (Å²) in [6, 6.07) is 0.692. The summed E-state index contributed by atoms with van der Waals surface area (Å²) in [5.41, 5.74) is -0.0940. The summed E-state index contributed by atoms with van der Waals surface area (Å²) in [7, 11) is 0. The predicted octanol–water partition coefficient (Wildman–Crippen LogP) is 3.17. The number of nitrogens with one attached hydrogen (secondary N) is 1. The zero-order valence-corrected chi connectivity index (χ0v) is 13.8. The average Bonchev–Trinajstić information content (AvgIpc) is 2.76. The Balaban J connectivity index is 1.69. The second-order valence-electron chi connectivity index (χ2n) is 8.25. The van der Waals surface area contributed by atoms with Crippen LogP contribution in [-0.4, -0.2) is 42.3 Å². The van der Waals surface area contributed by atoms with Crippen LogP contribution in [0.5, 0.6) is 0 Å². The minimum atomic E-state index is -0.400. The lowest BCUT2D eigenvalue weighted by Crippen LogP contribution is -2.51. The van der Waals surface area contributed by atoms with Crippen LogP contribution in [0.1, 0.15) is 59.3 Å². The van der Waals surface area contributed by atoms with E-state index in [0.29, 0.717) is 11.5 Å². The second kappa shape index (κ2) is 5.45. The Morgan fingerprint density at radius 1 is 1.24 bits per heavy atom. The van der Waals surface area contributed by atoms with E-state index in [2.05, 4.69) is 5.32 Å². The molecule has 1 aliphatic carbocycles. The largest absolute Gasteiger partial charge is 0.444 e.